The first-order chi connectivity index (χ1) is 9.59. The van der Waals surface area contributed by atoms with Crippen LogP contribution in [0.5, 0.6) is 0 Å². The maximum absolute atomic E-state index is 12.9. The highest BCUT2D eigenvalue weighted by Gasteiger charge is 2.55. The van der Waals surface area contributed by atoms with Crippen molar-refractivity contribution in [1.29, 1.82) is 0 Å². The summed E-state index contributed by atoms with van der Waals surface area (Å²) in [6.45, 7) is 13.3. The number of rotatable bonds is 5. The fraction of sp³-hybridized carbons (Fsp3) is 0.944. The van der Waals surface area contributed by atoms with E-state index < -0.39 is 0 Å². The second-order valence-electron chi connectivity index (χ2n) is 8.44. The Kier molecular flexibility index (Phi) is 5.02. The number of esters is 1. The average Bonchev–Trinajstić information content (AvgIpc) is 2.76. The number of ether oxygens (including phenoxy) is 1. The van der Waals surface area contributed by atoms with Crippen molar-refractivity contribution in [2.45, 2.75) is 77.3 Å². The minimum Gasteiger partial charge on any atom is -0.462 e. The molecule has 0 saturated heterocycles. The Hall–Kier alpha value is 0.200. The van der Waals surface area contributed by atoms with Crippen LogP contribution < -0.4 is 0 Å². The van der Waals surface area contributed by atoms with Crippen LogP contribution >= 0.6 is 22.6 Å². The number of carbonyl (C=O) groups is 1. The third kappa shape index (κ3) is 3.13. The van der Waals surface area contributed by atoms with E-state index in [1.807, 2.05) is 0 Å². The average molecular weight is 406 g/mol. The molecule has 0 heterocycles. The molecule has 2 aliphatic carbocycles. The Morgan fingerprint density at radius 1 is 1.33 bits per heavy atom. The number of carbonyl (C=O) groups excluding carboxylic acids is 1. The lowest BCUT2D eigenvalue weighted by Crippen LogP contribution is -2.40. The molecule has 0 amide bonds. The molecular formula is C18H31IO2. The van der Waals surface area contributed by atoms with Gasteiger partial charge in [-0.25, -0.2) is 0 Å². The molecule has 0 aliphatic heterocycles. The zero-order valence-corrected chi connectivity index (χ0v) is 16.6. The van der Waals surface area contributed by atoms with Crippen LogP contribution in [-0.2, 0) is 9.53 Å². The Balaban J connectivity index is 2.07. The molecule has 2 saturated carbocycles. The number of hydrogen-bond donors (Lipinski definition) is 0. The molecule has 0 spiro atoms. The molecule has 2 rings (SSSR count). The van der Waals surface area contributed by atoms with Crippen LogP contribution in [0.2, 0.25) is 0 Å². The third-order valence-corrected chi connectivity index (χ3v) is 6.94. The van der Waals surface area contributed by atoms with Gasteiger partial charge in [0.2, 0.25) is 0 Å². The molecule has 0 aromatic heterocycles. The molecule has 2 fully saturated rings. The van der Waals surface area contributed by atoms with E-state index in [2.05, 4.69) is 64.1 Å². The summed E-state index contributed by atoms with van der Waals surface area (Å²) < 4.78 is 6.55. The lowest BCUT2D eigenvalue weighted by molar-refractivity contribution is -0.167. The standard InChI is InChI=1S/C18H31IO2/c1-11(2)18(6,10-12(3)19)16(20)21-15-9-13-7-8-14(15)17(13,4)5/h11-15H,7-10H2,1-6H3. The van der Waals surface area contributed by atoms with E-state index in [4.69, 9.17) is 4.74 Å². The third-order valence-electron chi connectivity index (χ3n) is 6.50. The molecule has 0 aromatic rings. The van der Waals surface area contributed by atoms with E-state index >= 15 is 0 Å². The van der Waals surface area contributed by atoms with Gasteiger partial charge in [0.05, 0.1) is 5.41 Å². The Bertz CT molecular complexity index is 402. The zero-order valence-electron chi connectivity index (χ0n) is 14.4. The lowest BCUT2D eigenvalue weighted by Gasteiger charge is -2.35. The minimum atomic E-state index is -0.355. The number of alkyl halides is 1. The van der Waals surface area contributed by atoms with E-state index in [-0.39, 0.29) is 17.5 Å². The van der Waals surface area contributed by atoms with E-state index in [9.17, 15) is 4.79 Å². The summed E-state index contributed by atoms with van der Waals surface area (Å²) >= 11 is 2.42. The maximum Gasteiger partial charge on any atom is 0.312 e. The summed E-state index contributed by atoms with van der Waals surface area (Å²) in [6.07, 6.45) is 4.69. The fourth-order valence-electron chi connectivity index (χ4n) is 4.50. The van der Waals surface area contributed by atoms with E-state index in [0.29, 0.717) is 21.2 Å². The van der Waals surface area contributed by atoms with Crippen molar-refractivity contribution < 1.29 is 9.53 Å². The molecule has 5 atom stereocenters. The van der Waals surface area contributed by atoms with Gasteiger partial charge in [-0.15, -0.1) is 0 Å². The Labute approximate surface area is 143 Å². The first kappa shape index (κ1) is 17.6. The first-order valence-electron chi connectivity index (χ1n) is 8.44. The van der Waals surface area contributed by atoms with E-state index in [0.717, 1.165) is 18.8 Å². The minimum absolute atomic E-state index is 0.0365. The topological polar surface area (TPSA) is 26.3 Å². The van der Waals surface area contributed by atoms with Crippen molar-refractivity contribution in [2.24, 2.45) is 28.6 Å². The molecule has 2 nitrogen and oxygen atoms in total. The molecule has 3 heteroatoms. The predicted octanol–water partition coefficient (Wildman–Crippen LogP) is 5.23. The number of fused-ring (bicyclic) bond motifs is 2. The number of hydrogen-bond acceptors (Lipinski definition) is 2. The van der Waals surface area contributed by atoms with Crippen LogP contribution in [-0.4, -0.2) is 16.0 Å². The van der Waals surface area contributed by atoms with Gasteiger partial charge in [-0.2, -0.15) is 0 Å². The van der Waals surface area contributed by atoms with Crippen LogP contribution in [0.3, 0.4) is 0 Å². The molecular weight excluding hydrogens is 375 g/mol. The normalized spacial score (nSPS) is 34.8. The molecule has 122 valence electrons. The quantitative estimate of drug-likeness (QED) is 0.355. The molecule has 0 N–H and O–H groups in total. The fourth-order valence-corrected chi connectivity index (χ4v) is 5.42. The van der Waals surface area contributed by atoms with Crippen LogP contribution in [0.1, 0.15) is 67.2 Å². The van der Waals surface area contributed by atoms with Crippen molar-refractivity contribution in [3.05, 3.63) is 0 Å². The largest absolute Gasteiger partial charge is 0.462 e. The molecule has 2 bridgehead atoms. The summed E-state index contributed by atoms with van der Waals surface area (Å²) in [7, 11) is 0. The van der Waals surface area contributed by atoms with Gasteiger partial charge in [0.15, 0.2) is 0 Å². The van der Waals surface area contributed by atoms with Gasteiger partial charge in [0.1, 0.15) is 6.10 Å². The Morgan fingerprint density at radius 2 is 1.95 bits per heavy atom. The van der Waals surface area contributed by atoms with Crippen LogP contribution in [0.4, 0.5) is 0 Å². The second-order valence-corrected chi connectivity index (χ2v) is 10.6. The van der Waals surface area contributed by atoms with Gasteiger partial charge in [-0.05, 0) is 49.9 Å². The van der Waals surface area contributed by atoms with Crippen molar-refractivity contribution in [3.8, 4) is 0 Å². The van der Waals surface area contributed by atoms with Crippen molar-refractivity contribution >= 4 is 28.6 Å². The van der Waals surface area contributed by atoms with Gasteiger partial charge in [0, 0.05) is 9.84 Å². The van der Waals surface area contributed by atoms with Gasteiger partial charge in [-0.1, -0.05) is 57.2 Å². The first-order valence-corrected chi connectivity index (χ1v) is 9.68. The van der Waals surface area contributed by atoms with Gasteiger partial charge in [0.25, 0.3) is 0 Å². The molecule has 21 heavy (non-hydrogen) atoms. The van der Waals surface area contributed by atoms with Gasteiger partial charge >= 0.3 is 5.97 Å². The van der Waals surface area contributed by atoms with Gasteiger partial charge in [-0.3, -0.25) is 4.79 Å². The predicted molar refractivity (Wildman–Crippen MR) is 95.5 cm³/mol. The van der Waals surface area contributed by atoms with E-state index in [1.165, 1.54) is 12.8 Å². The summed E-state index contributed by atoms with van der Waals surface area (Å²) in [5.41, 5.74) is 0.00230. The SMILES string of the molecule is CC(I)CC(C)(C(=O)OC1CC2CCC1C2(C)C)C(C)C. The second kappa shape index (κ2) is 6.01. The van der Waals surface area contributed by atoms with Crippen LogP contribution in [0, 0.1) is 28.6 Å². The highest BCUT2D eigenvalue weighted by atomic mass is 127. The Morgan fingerprint density at radius 3 is 2.33 bits per heavy atom. The zero-order chi connectivity index (χ0) is 16.0. The molecule has 2 aliphatic rings. The molecule has 0 aromatic carbocycles. The van der Waals surface area contributed by atoms with Crippen molar-refractivity contribution in [2.75, 3.05) is 0 Å². The van der Waals surface area contributed by atoms with Gasteiger partial charge < -0.3 is 4.74 Å². The van der Waals surface area contributed by atoms with Crippen molar-refractivity contribution in [3.63, 3.8) is 0 Å². The van der Waals surface area contributed by atoms with Crippen LogP contribution in [0.15, 0.2) is 0 Å². The highest BCUT2D eigenvalue weighted by Crippen LogP contribution is 2.58. The highest BCUT2D eigenvalue weighted by molar-refractivity contribution is 14.1. The lowest BCUT2D eigenvalue weighted by atomic mass is 9.75. The van der Waals surface area contributed by atoms with Crippen molar-refractivity contribution in [1.82, 2.24) is 0 Å². The smallest absolute Gasteiger partial charge is 0.312 e. The summed E-state index contributed by atoms with van der Waals surface area (Å²) in [4.78, 5) is 12.9. The summed E-state index contributed by atoms with van der Waals surface area (Å²) in [6, 6.07) is 0. The molecule has 0 radical (unpaired) electrons. The maximum atomic E-state index is 12.9. The number of halogens is 1. The van der Waals surface area contributed by atoms with E-state index in [1.54, 1.807) is 0 Å². The summed E-state index contributed by atoms with van der Waals surface area (Å²) in [5.74, 6) is 1.66. The monoisotopic (exact) mass is 406 g/mol. The summed E-state index contributed by atoms with van der Waals surface area (Å²) in [5, 5.41) is 0. The molecule has 5 unspecified atom stereocenters. The van der Waals surface area contributed by atoms with Crippen LogP contribution in [0.25, 0.3) is 0 Å².